The Morgan fingerprint density at radius 2 is 1.47 bits per heavy atom. The molecule has 92 valence electrons. The number of fused-ring (bicyclic) bond motifs is 1. The van der Waals surface area contributed by atoms with E-state index in [1.54, 1.807) is 9.14 Å². The molecular formula is C15H24SiSn. The first-order valence-corrected chi connectivity index (χ1v) is 18.5. The van der Waals surface area contributed by atoms with Gasteiger partial charge in [-0.05, 0) is 0 Å². The molecule has 0 aliphatic carbocycles. The number of aryl methyl sites for hydroxylation is 2. The third kappa shape index (κ3) is 2.16. The van der Waals surface area contributed by atoms with Crippen molar-refractivity contribution in [2.45, 2.75) is 43.4 Å². The van der Waals surface area contributed by atoms with Crippen LogP contribution in [-0.2, 0) is 0 Å². The second kappa shape index (κ2) is 3.99. The molecule has 0 saturated carbocycles. The van der Waals surface area contributed by atoms with Crippen molar-refractivity contribution in [3.05, 3.63) is 32.0 Å². The molecule has 0 nitrogen and oxygen atoms in total. The zero-order valence-corrected chi connectivity index (χ0v) is 16.1. The molecule has 0 radical (unpaired) electrons. The molecule has 1 aromatic rings. The third-order valence-corrected chi connectivity index (χ3v) is 25.8. The van der Waals surface area contributed by atoms with Crippen LogP contribution in [0.15, 0.2) is 15.3 Å². The number of hydrogen-bond acceptors (Lipinski definition) is 0. The fraction of sp³-hybridized carbons (Fsp3) is 0.467. The predicted molar refractivity (Wildman–Crippen MR) is 84.4 cm³/mol. The summed E-state index contributed by atoms with van der Waals surface area (Å²) in [6.07, 6.45) is 2.56. The Kier molecular flexibility index (Phi) is 3.14. The first-order chi connectivity index (χ1) is 7.64. The van der Waals surface area contributed by atoms with Crippen molar-refractivity contribution < 1.29 is 0 Å². The Balaban J connectivity index is 2.65. The van der Waals surface area contributed by atoms with Gasteiger partial charge in [-0.2, -0.15) is 0 Å². The van der Waals surface area contributed by atoms with Crippen LogP contribution in [0.4, 0.5) is 0 Å². The molecular weight excluding hydrogens is 327 g/mol. The molecule has 1 aliphatic rings. The van der Waals surface area contributed by atoms with E-state index in [0.29, 0.717) is 0 Å². The van der Waals surface area contributed by atoms with E-state index in [9.17, 15) is 0 Å². The SMILES string of the molecule is Cc1cc2[c](cc1C)[Sn]([CH3])([CH3])[C]([Si](C)(C)C)=C2. The van der Waals surface area contributed by atoms with Crippen molar-refractivity contribution in [3.63, 3.8) is 0 Å². The van der Waals surface area contributed by atoms with Gasteiger partial charge in [0.1, 0.15) is 0 Å². The summed E-state index contributed by atoms with van der Waals surface area (Å²) in [5.74, 6) is 0. The quantitative estimate of drug-likeness (QED) is 0.670. The van der Waals surface area contributed by atoms with Gasteiger partial charge in [0, 0.05) is 0 Å². The van der Waals surface area contributed by atoms with Crippen LogP contribution in [-0.4, -0.2) is 26.5 Å². The molecule has 0 atom stereocenters. The molecule has 0 bridgehead atoms. The van der Waals surface area contributed by atoms with E-state index in [1.807, 2.05) is 3.21 Å². The zero-order chi connectivity index (χ0) is 13.0. The van der Waals surface area contributed by atoms with Crippen LogP contribution in [0.3, 0.4) is 0 Å². The van der Waals surface area contributed by atoms with Gasteiger partial charge < -0.3 is 0 Å². The van der Waals surface area contributed by atoms with Crippen molar-refractivity contribution in [2.24, 2.45) is 0 Å². The van der Waals surface area contributed by atoms with E-state index in [4.69, 9.17) is 0 Å². The van der Waals surface area contributed by atoms with E-state index >= 15 is 0 Å². The second-order valence-electron chi connectivity index (χ2n) is 6.96. The molecule has 0 fully saturated rings. The summed E-state index contributed by atoms with van der Waals surface area (Å²) < 4.78 is 3.63. The van der Waals surface area contributed by atoms with Crippen LogP contribution >= 0.6 is 0 Å². The second-order valence-corrected chi connectivity index (χ2v) is 25.8. The van der Waals surface area contributed by atoms with Crippen LogP contribution in [0.2, 0.25) is 29.5 Å². The number of hydrogen-bond donors (Lipinski definition) is 0. The monoisotopic (exact) mass is 352 g/mol. The maximum atomic E-state index is 2.60. The molecule has 0 spiro atoms. The van der Waals surface area contributed by atoms with Crippen molar-refractivity contribution in [1.82, 2.24) is 0 Å². The van der Waals surface area contributed by atoms with Crippen molar-refractivity contribution in [1.29, 1.82) is 0 Å². The molecule has 1 aromatic carbocycles. The summed E-state index contributed by atoms with van der Waals surface area (Å²) in [5, 5.41) is 0. The molecule has 2 heteroatoms. The van der Waals surface area contributed by atoms with Gasteiger partial charge in [-0.1, -0.05) is 0 Å². The molecule has 0 unspecified atom stereocenters. The van der Waals surface area contributed by atoms with Gasteiger partial charge in [-0.15, -0.1) is 0 Å². The average Bonchev–Trinajstić information content (AvgIpc) is 2.40. The Bertz CT molecular complexity index is 504. The summed E-state index contributed by atoms with van der Waals surface area (Å²) in [7, 11) is -1.14. The Hall–Kier alpha value is -0.0244. The standard InChI is InChI=1S/C13H18Si.2CH3.Sn/c1-11-6-7-13(10-12(11)2)8-9-14(3,4)5;;;/h6,8,10H,1-5H3;2*1H3;. The van der Waals surface area contributed by atoms with Crippen LogP contribution < -0.4 is 3.58 Å². The molecule has 2 rings (SSSR count). The maximum absolute atomic E-state index is 2.60. The van der Waals surface area contributed by atoms with Gasteiger partial charge in [0.05, 0.1) is 0 Å². The first-order valence-electron chi connectivity index (χ1n) is 6.48. The fourth-order valence-corrected chi connectivity index (χ4v) is 29.0. The van der Waals surface area contributed by atoms with Crippen molar-refractivity contribution >= 4 is 36.1 Å². The van der Waals surface area contributed by atoms with E-state index in [-0.39, 0.29) is 0 Å². The first kappa shape index (κ1) is 13.4. The van der Waals surface area contributed by atoms with Crippen LogP contribution in [0.5, 0.6) is 0 Å². The molecule has 0 aromatic heterocycles. The minimum atomic E-state index is -2.17. The van der Waals surface area contributed by atoms with Gasteiger partial charge in [-0.3, -0.25) is 0 Å². The van der Waals surface area contributed by atoms with Gasteiger partial charge in [-0.25, -0.2) is 0 Å². The van der Waals surface area contributed by atoms with E-state index in [0.717, 1.165) is 0 Å². The van der Waals surface area contributed by atoms with Crippen molar-refractivity contribution in [2.75, 3.05) is 0 Å². The normalized spacial score (nSPS) is 17.9. The Morgan fingerprint density at radius 3 is 2.00 bits per heavy atom. The average molecular weight is 351 g/mol. The topological polar surface area (TPSA) is 0 Å². The molecule has 17 heavy (non-hydrogen) atoms. The molecule has 1 heterocycles. The summed E-state index contributed by atoms with van der Waals surface area (Å²) in [6, 6.07) is 4.90. The number of rotatable bonds is 1. The molecule has 0 N–H and O–H groups in total. The van der Waals surface area contributed by atoms with E-state index in [2.05, 4.69) is 61.6 Å². The van der Waals surface area contributed by atoms with Crippen LogP contribution in [0.1, 0.15) is 16.7 Å². The molecule has 0 saturated heterocycles. The van der Waals surface area contributed by atoms with E-state index in [1.165, 1.54) is 11.1 Å². The fourth-order valence-electron chi connectivity index (χ4n) is 3.13. The summed E-state index contributed by atoms with van der Waals surface area (Å²) in [5.41, 5.74) is 4.46. The number of benzene rings is 1. The Labute approximate surface area is 111 Å². The van der Waals surface area contributed by atoms with Gasteiger partial charge >= 0.3 is 112 Å². The van der Waals surface area contributed by atoms with Gasteiger partial charge in [0.2, 0.25) is 0 Å². The molecule has 1 aliphatic heterocycles. The van der Waals surface area contributed by atoms with Gasteiger partial charge in [0.25, 0.3) is 0 Å². The minimum absolute atomic E-state index is 1.14. The van der Waals surface area contributed by atoms with E-state index < -0.39 is 26.5 Å². The summed E-state index contributed by atoms with van der Waals surface area (Å²) >= 11 is -2.17. The van der Waals surface area contributed by atoms with Gasteiger partial charge in [0.15, 0.2) is 0 Å². The predicted octanol–water partition coefficient (Wildman–Crippen LogP) is 4.03. The summed E-state index contributed by atoms with van der Waals surface area (Å²) in [6.45, 7) is 12.0. The summed E-state index contributed by atoms with van der Waals surface area (Å²) in [4.78, 5) is 5.19. The Morgan fingerprint density at radius 1 is 0.941 bits per heavy atom. The van der Waals surface area contributed by atoms with Crippen LogP contribution in [0.25, 0.3) is 6.08 Å². The van der Waals surface area contributed by atoms with Crippen LogP contribution in [0, 0.1) is 13.8 Å². The zero-order valence-electron chi connectivity index (χ0n) is 12.2. The van der Waals surface area contributed by atoms with Crippen molar-refractivity contribution in [3.8, 4) is 0 Å². The molecule has 0 amide bonds. The third-order valence-electron chi connectivity index (χ3n) is 4.12.